The van der Waals surface area contributed by atoms with Gasteiger partial charge < -0.3 is 15.4 Å². The van der Waals surface area contributed by atoms with Crippen molar-refractivity contribution in [3.63, 3.8) is 0 Å². The molecule has 0 radical (unpaired) electrons. The van der Waals surface area contributed by atoms with Crippen molar-refractivity contribution >= 4 is 11.8 Å². The minimum Gasteiger partial charge on any atom is -0.493 e. The SMILES string of the molecule is CC=C(C)/C(CCCCNC(=O)C(=O)NC)=C(\C)CCCOc1ccccc1C. The molecule has 0 bridgehead atoms. The van der Waals surface area contributed by atoms with E-state index in [4.69, 9.17) is 4.74 Å². The fraction of sp³-hybridized carbons (Fsp3) is 0.500. The standard InChI is InChI=1S/C24H36N2O3/c1-6-18(2)21(14-9-10-16-26-24(28)23(27)25-5)19(3)13-11-17-29-22-15-8-7-12-20(22)4/h6-8,12,15H,9-11,13-14,16-17H2,1-5H3,(H,25,27)(H,26,28)/b18-6?,21-19+. The van der Waals surface area contributed by atoms with Crippen molar-refractivity contribution in [2.45, 2.75) is 59.8 Å². The third kappa shape index (κ3) is 8.99. The molecule has 0 heterocycles. The van der Waals surface area contributed by atoms with Crippen molar-refractivity contribution in [1.82, 2.24) is 10.6 Å². The lowest BCUT2D eigenvalue weighted by atomic mass is 9.94. The Morgan fingerprint density at radius 1 is 1.03 bits per heavy atom. The van der Waals surface area contributed by atoms with Gasteiger partial charge in [0.15, 0.2) is 0 Å². The Morgan fingerprint density at radius 2 is 1.76 bits per heavy atom. The van der Waals surface area contributed by atoms with Crippen molar-refractivity contribution in [2.24, 2.45) is 0 Å². The predicted molar refractivity (Wildman–Crippen MR) is 119 cm³/mol. The Hall–Kier alpha value is -2.56. The van der Waals surface area contributed by atoms with Crippen LogP contribution in [0.1, 0.15) is 58.4 Å². The highest BCUT2D eigenvalue weighted by atomic mass is 16.5. The van der Waals surface area contributed by atoms with Crippen LogP contribution in [0.4, 0.5) is 0 Å². The maximum atomic E-state index is 11.5. The molecule has 29 heavy (non-hydrogen) atoms. The van der Waals surface area contributed by atoms with Crippen LogP contribution in [-0.4, -0.2) is 32.0 Å². The molecule has 1 rings (SSSR count). The van der Waals surface area contributed by atoms with E-state index in [1.807, 2.05) is 18.2 Å². The van der Waals surface area contributed by atoms with Gasteiger partial charge in [-0.2, -0.15) is 0 Å². The van der Waals surface area contributed by atoms with Crippen LogP contribution in [0.5, 0.6) is 5.75 Å². The monoisotopic (exact) mass is 400 g/mol. The molecule has 0 saturated carbocycles. The van der Waals surface area contributed by atoms with Gasteiger partial charge in [0.25, 0.3) is 0 Å². The minimum atomic E-state index is -0.598. The van der Waals surface area contributed by atoms with Crippen molar-refractivity contribution in [3.05, 3.63) is 52.6 Å². The van der Waals surface area contributed by atoms with Gasteiger partial charge in [0.1, 0.15) is 5.75 Å². The first-order valence-corrected chi connectivity index (χ1v) is 10.4. The average molecular weight is 401 g/mol. The second-order valence-electron chi connectivity index (χ2n) is 7.24. The van der Waals surface area contributed by atoms with Crippen LogP contribution in [0.15, 0.2) is 47.1 Å². The molecule has 0 aromatic heterocycles. The van der Waals surface area contributed by atoms with E-state index in [9.17, 15) is 9.59 Å². The summed E-state index contributed by atoms with van der Waals surface area (Å²) in [6.45, 7) is 9.69. The normalized spacial score (nSPS) is 12.2. The van der Waals surface area contributed by atoms with Gasteiger partial charge in [-0.05, 0) is 77.0 Å². The molecule has 5 heteroatoms. The second-order valence-corrected chi connectivity index (χ2v) is 7.24. The maximum Gasteiger partial charge on any atom is 0.309 e. The Balaban J connectivity index is 2.46. The van der Waals surface area contributed by atoms with Crippen molar-refractivity contribution in [1.29, 1.82) is 0 Å². The number of carbonyl (C=O) groups is 2. The van der Waals surface area contributed by atoms with Gasteiger partial charge in [-0.15, -0.1) is 0 Å². The van der Waals surface area contributed by atoms with E-state index in [0.717, 1.165) is 43.4 Å². The largest absolute Gasteiger partial charge is 0.493 e. The van der Waals surface area contributed by atoms with Gasteiger partial charge >= 0.3 is 11.8 Å². The van der Waals surface area contributed by atoms with Gasteiger partial charge in [-0.25, -0.2) is 0 Å². The molecule has 2 amide bonds. The van der Waals surface area contributed by atoms with Crippen LogP contribution in [0.25, 0.3) is 0 Å². The van der Waals surface area contributed by atoms with Crippen molar-refractivity contribution in [2.75, 3.05) is 20.2 Å². The third-order valence-electron chi connectivity index (χ3n) is 5.04. The number of hydrogen-bond acceptors (Lipinski definition) is 3. The smallest absolute Gasteiger partial charge is 0.309 e. The summed E-state index contributed by atoms with van der Waals surface area (Å²) in [7, 11) is 1.45. The number of unbranched alkanes of at least 4 members (excludes halogenated alkanes) is 1. The number of likely N-dealkylation sites (N-methyl/N-ethyl adjacent to an activating group) is 1. The number of ether oxygens (including phenoxy) is 1. The van der Waals surface area contributed by atoms with E-state index in [1.54, 1.807) is 0 Å². The molecule has 0 aliphatic rings. The summed E-state index contributed by atoms with van der Waals surface area (Å²) in [4.78, 5) is 22.6. The lowest BCUT2D eigenvalue weighted by Gasteiger charge is -2.14. The van der Waals surface area contributed by atoms with Crippen LogP contribution < -0.4 is 15.4 Å². The number of carbonyl (C=O) groups excluding carboxylic acids is 2. The summed E-state index contributed by atoms with van der Waals surface area (Å²) in [5, 5.41) is 4.97. The summed E-state index contributed by atoms with van der Waals surface area (Å²) in [5.74, 6) is -0.213. The lowest BCUT2D eigenvalue weighted by Crippen LogP contribution is -2.38. The van der Waals surface area contributed by atoms with E-state index >= 15 is 0 Å². The van der Waals surface area contributed by atoms with Crippen LogP contribution in [0, 0.1) is 6.92 Å². The molecule has 0 atom stereocenters. The molecule has 2 N–H and O–H groups in total. The van der Waals surface area contributed by atoms with E-state index in [1.165, 1.54) is 23.8 Å². The zero-order valence-electron chi connectivity index (χ0n) is 18.6. The molecule has 160 valence electrons. The predicted octanol–water partition coefficient (Wildman–Crippen LogP) is 4.47. The van der Waals surface area contributed by atoms with E-state index in [-0.39, 0.29) is 0 Å². The second kappa shape index (κ2) is 13.6. The summed E-state index contributed by atoms with van der Waals surface area (Å²) in [6, 6.07) is 8.09. The molecule has 0 spiro atoms. The summed E-state index contributed by atoms with van der Waals surface area (Å²) in [5.41, 5.74) is 5.25. The molecule has 1 aromatic rings. The highest BCUT2D eigenvalue weighted by molar-refractivity contribution is 6.34. The fourth-order valence-electron chi connectivity index (χ4n) is 3.13. The zero-order chi connectivity index (χ0) is 21.6. The highest BCUT2D eigenvalue weighted by Crippen LogP contribution is 2.24. The quantitative estimate of drug-likeness (QED) is 0.327. The van der Waals surface area contributed by atoms with Crippen LogP contribution in [-0.2, 0) is 9.59 Å². The van der Waals surface area contributed by atoms with Gasteiger partial charge in [-0.3, -0.25) is 9.59 Å². The molecule has 0 aliphatic carbocycles. The number of para-hydroxylation sites is 1. The Morgan fingerprint density at radius 3 is 2.41 bits per heavy atom. The number of rotatable bonds is 11. The molecule has 0 unspecified atom stereocenters. The first-order valence-electron chi connectivity index (χ1n) is 10.4. The number of aryl methyl sites for hydroxylation is 1. The van der Waals surface area contributed by atoms with E-state index in [0.29, 0.717) is 13.2 Å². The number of amides is 2. The number of allylic oxidation sites excluding steroid dienone is 4. The summed E-state index contributed by atoms with van der Waals surface area (Å²) >= 11 is 0. The Bertz CT molecular complexity index is 735. The van der Waals surface area contributed by atoms with Gasteiger partial charge in [0.2, 0.25) is 0 Å². The summed E-state index contributed by atoms with van der Waals surface area (Å²) < 4.78 is 5.91. The average Bonchev–Trinajstić information content (AvgIpc) is 2.73. The maximum absolute atomic E-state index is 11.5. The van der Waals surface area contributed by atoms with E-state index in [2.05, 4.69) is 50.5 Å². The van der Waals surface area contributed by atoms with Crippen molar-refractivity contribution < 1.29 is 14.3 Å². The minimum absolute atomic E-state index is 0.512. The molecular weight excluding hydrogens is 364 g/mol. The fourth-order valence-corrected chi connectivity index (χ4v) is 3.13. The van der Waals surface area contributed by atoms with Crippen LogP contribution >= 0.6 is 0 Å². The van der Waals surface area contributed by atoms with E-state index < -0.39 is 11.8 Å². The van der Waals surface area contributed by atoms with Crippen LogP contribution in [0.3, 0.4) is 0 Å². The first kappa shape index (κ1) is 24.5. The van der Waals surface area contributed by atoms with Crippen molar-refractivity contribution in [3.8, 4) is 5.75 Å². The molecule has 0 aliphatic heterocycles. The Labute approximate surface area is 175 Å². The number of nitrogens with one attached hydrogen (secondary N) is 2. The molecular formula is C24H36N2O3. The Kier molecular flexibility index (Phi) is 11.5. The highest BCUT2D eigenvalue weighted by Gasteiger charge is 2.10. The number of benzene rings is 1. The molecule has 1 aromatic carbocycles. The van der Waals surface area contributed by atoms with Gasteiger partial charge in [0, 0.05) is 13.6 Å². The van der Waals surface area contributed by atoms with Gasteiger partial charge in [-0.1, -0.05) is 35.4 Å². The molecule has 0 saturated heterocycles. The van der Waals surface area contributed by atoms with Gasteiger partial charge in [0.05, 0.1) is 6.61 Å². The van der Waals surface area contributed by atoms with Crippen LogP contribution in [0.2, 0.25) is 0 Å². The number of hydrogen-bond donors (Lipinski definition) is 2. The zero-order valence-corrected chi connectivity index (χ0v) is 18.6. The lowest BCUT2D eigenvalue weighted by molar-refractivity contribution is -0.138. The molecule has 0 fully saturated rings. The first-order chi connectivity index (χ1) is 13.9. The topological polar surface area (TPSA) is 67.4 Å². The molecule has 5 nitrogen and oxygen atoms in total. The third-order valence-corrected chi connectivity index (χ3v) is 5.04. The summed E-state index contributed by atoms with van der Waals surface area (Å²) in [6.07, 6.45) is 6.90.